The Bertz CT molecular complexity index is 382. The molecule has 0 amide bonds. The summed E-state index contributed by atoms with van der Waals surface area (Å²) < 4.78 is 60.4. The van der Waals surface area contributed by atoms with Crippen molar-refractivity contribution in [1.29, 1.82) is 0 Å². The number of Topliss-reactive ketones (excluding diaryl/α,β-unsaturated/α-hetero) is 1. The maximum absolute atomic E-state index is 12.2. The van der Waals surface area contributed by atoms with E-state index in [2.05, 4.69) is 16.6 Å². The van der Waals surface area contributed by atoms with Crippen LogP contribution in [0.1, 0.15) is 14.7 Å². The van der Waals surface area contributed by atoms with E-state index >= 15 is 0 Å². The van der Waals surface area contributed by atoms with Crippen molar-refractivity contribution >= 4 is 28.7 Å². The van der Waals surface area contributed by atoms with E-state index in [0.29, 0.717) is 6.20 Å². The molecule has 0 aromatic carbocycles. The first-order chi connectivity index (χ1) is 6.62. The van der Waals surface area contributed by atoms with Crippen LogP contribution in [-0.4, -0.2) is 16.1 Å². The Hall–Kier alpha value is -0.760. The zero-order valence-corrected chi connectivity index (χ0v) is 8.18. The summed E-state index contributed by atoms with van der Waals surface area (Å²) in [4.78, 5) is 12.7. The number of carbonyl (C=O) groups excluding carboxylic acids is 1. The standard InChI is InChI=1S/C6HClF5NOS/c7-5(8,9)3(14)2-1-13-4(15-2)6(10,11)12/h1H. The first-order valence-corrected chi connectivity index (χ1v) is 4.46. The SMILES string of the molecule is O=C(c1cnc(C(F)(F)F)s1)C(F)(F)Cl. The molecule has 0 radical (unpaired) electrons. The zero-order valence-electron chi connectivity index (χ0n) is 6.61. The number of hydrogen-bond acceptors (Lipinski definition) is 3. The highest BCUT2D eigenvalue weighted by Crippen LogP contribution is 2.34. The third-order valence-corrected chi connectivity index (χ3v) is 2.44. The number of ketones is 1. The zero-order chi connectivity index (χ0) is 11.9. The Kier molecular flexibility index (Phi) is 3.01. The fourth-order valence-electron chi connectivity index (χ4n) is 0.650. The number of hydrogen-bond donors (Lipinski definition) is 0. The molecule has 1 aromatic rings. The number of rotatable bonds is 2. The minimum atomic E-state index is -4.76. The van der Waals surface area contributed by atoms with Gasteiger partial charge in [-0.2, -0.15) is 22.0 Å². The number of carbonyl (C=O) groups is 1. The second kappa shape index (κ2) is 3.67. The Labute approximate surface area is 88.7 Å². The molecule has 0 saturated carbocycles. The molecule has 1 aromatic heterocycles. The van der Waals surface area contributed by atoms with Crippen molar-refractivity contribution in [3.8, 4) is 0 Å². The van der Waals surface area contributed by atoms with Crippen molar-refractivity contribution in [2.75, 3.05) is 0 Å². The van der Waals surface area contributed by atoms with Gasteiger partial charge in [0.1, 0.15) is 0 Å². The summed E-state index contributed by atoms with van der Waals surface area (Å²) in [6.45, 7) is 0. The van der Waals surface area contributed by atoms with Crippen LogP contribution in [0.5, 0.6) is 0 Å². The van der Waals surface area contributed by atoms with Crippen LogP contribution in [0.25, 0.3) is 0 Å². The van der Waals surface area contributed by atoms with E-state index in [1.807, 2.05) is 0 Å². The van der Waals surface area contributed by atoms with Crippen molar-refractivity contribution in [1.82, 2.24) is 4.98 Å². The molecule has 0 unspecified atom stereocenters. The van der Waals surface area contributed by atoms with E-state index in [4.69, 9.17) is 0 Å². The van der Waals surface area contributed by atoms with E-state index in [1.54, 1.807) is 0 Å². The van der Waals surface area contributed by atoms with Crippen molar-refractivity contribution in [3.05, 3.63) is 16.1 Å². The van der Waals surface area contributed by atoms with Gasteiger partial charge in [-0.25, -0.2) is 4.98 Å². The van der Waals surface area contributed by atoms with Crippen LogP contribution in [0.15, 0.2) is 6.20 Å². The van der Waals surface area contributed by atoms with Crippen LogP contribution >= 0.6 is 22.9 Å². The number of alkyl halides is 6. The normalized spacial score (nSPS) is 12.9. The lowest BCUT2D eigenvalue weighted by molar-refractivity contribution is -0.137. The van der Waals surface area contributed by atoms with Gasteiger partial charge in [-0.1, -0.05) is 0 Å². The molecule has 0 saturated heterocycles. The van der Waals surface area contributed by atoms with Crippen LogP contribution in [0.3, 0.4) is 0 Å². The van der Waals surface area contributed by atoms with Gasteiger partial charge in [0.15, 0.2) is 5.01 Å². The number of nitrogens with zero attached hydrogens (tertiary/aromatic N) is 1. The molecule has 0 spiro atoms. The molecule has 1 rings (SSSR count). The highest BCUT2D eigenvalue weighted by atomic mass is 35.5. The molecule has 0 aliphatic carbocycles. The summed E-state index contributed by atoms with van der Waals surface area (Å²) in [6.07, 6.45) is -4.34. The van der Waals surface area contributed by atoms with Crippen LogP contribution in [0, 0.1) is 0 Å². The van der Waals surface area contributed by atoms with Crippen molar-refractivity contribution in [3.63, 3.8) is 0 Å². The van der Waals surface area contributed by atoms with Gasteiger partial charge in [-0.3, -0.25) is 4.79 Å². The summed E-state index contributed by atoms with van der Waals surface area (Å²) in [5.41, 5.74) is 0. The van der Waals surface area contributed by atoms with Gasteiger partial charge < -0.3 is 0 Å². The van der Waals surface area contributed by atoms with E-state index in [-0.39, 0.29) is 11.3 Å². The predicted octanol–water partition coefficient (Wildman–Crippen LogP) is 3.18. The maximum atomic E-state index is 12.2. The van der Waals surface area contributed by atoms with Crippen LogP contribution < -0.4 is 0 Å². The Morgan fingerprint density at radius 3 is 2.20 bits per heavy atom. The Balaban J connectivity index is 3.01. The largest absolute Gasteiger partial charge is 0.443 e. The molecule has 0 aliphatic heterocycles. The average molecular weight is 266 g/mol. The molecule has 84 valence electrons. The second-order valence-electron chi connectivity index (χ2n) is 2.35. The number of aromatic nitrogens is 1. The molecule has 0 N–H and O–H groups in total. The minimum absolute atomic E-state index is 0.175. The van der Waals surface area contributed by atoms with Gasteiger partial charge in [-0.05, 0) is 11.6 Å². The van der Waals surface area contributed by atoms with Crippen LogP contribution in [0.4, 0.5) is 22.0 Å². The number of halogens is 6. The molecular weight excluding hydrogens is 265 g/mol. The lowest BCUT2D eigenvalue weighted by atomic mass is 10.4. The highest BCUT2D eigenvalue weighted by molar-refractivity contribution is 7.13. The molecule has 15 heavy (non-hydrogen) atoms. The first kappa shape index (κ1) is 12.3. The molecule has 0 fully saturated rings. The molecular formula is C6HClF5NOS. The van der Waals surface area contributed by atoms with E-state index in [1.165, 1.54) is 0 Å². The van der Waals surface area contributed by atoms with Gasteiger partial charge >= 0.3 is 11.6 Å². The summed E-state index contributed by atoms with van der Waals surface area (Å²) >= 11 is 4.18. The lowest BCUT2D eigenvalue weighted by Crippen LogP contribution is -2.20. The van der Waals surface area contributed by atoms with Gasteiger partial charge in [0.2, 0.25) is 0 Å². The predicted molar refractivity (Wildman–Crippen MR) is 42.2 cm³/mol. The van der Waals surface area contributed by atoms with Crippen molar-refractivity contribution < 1.29 is 26.7 Å². The number of thiazole rings is 1. The van der Waals surface area contributed by atoms with Crippen molar-refractivity contribution in [2.24, 2.45) is 0 Å². The molecule has 1 heterocycles. The molecule has 2 nitrogen and oxygen atoms in total. The highest BCUT2D eigenvalue weighted by Gasteiger charge is 2.41. The minimum Gasteiger partial charge on any atom is -0.285 e. The second-order valence-corrected chi connectivity index (χ2v) is 3.86. The summed E-state index contributed by atoms with van der Waals surface area (Å²) in [6, 6.07) is 0. The molecule has 0 atom stereocenters. The molecule has 0 bridgehead atoms. The molecule has 9 heteroatoms. The quantitative estimate of drug-likeness (QED) is 0.467. The van der Waals surface area contributed by atoms with E-state index in [9.17, 15) is 26.7 Å². The summed E-state index contributed by atoms with van der Waals surface area (Å²) in [5.74, 6) is -1.89. The third-order valence-electron chi connectivity index (χ3n) is 1.23. The monoisotopic (exact) mass is 265 g/mol. The van der Waals surface area contributed by atoms with Crippen LogP contribution in [0.2, 0.25) is 0 Å². The van der Waals surface area contributed by atoms with Crippen molar-refractivity contribution in [2.45, 2.75) is 11.6 Å². The fourth-order valence-corrected chi connectivity index (χ4v) is 1.56. The molecule has 0 aliphatic rings. The van der Waals surface area contributed by atoms with E-state index < -0.39 is 27.2 Å². The summed E-state index contributed by atoms with van der Waals surface area (Å²) in [5, 5.41) is -5.58. The first-order valence-electron chi connectivity index (χ1n) is 3.27. The van der Waals surface area contributed by atoms with Crippen LogP contribution in [-0.2, 0) is 6.18 Å². The third kappa shape index (κ3) is 2.85. The Morgan fingerprint density at radius 2 is 1.87 bits per heavy atom. The Morgan fingerprint density at radius 1 is 1.33 bits per heavy atom. The topological polar surface area (TPSA) is 30.0 Å². The van der Waals surface area contributed by atoms with Gasteiger partial charge in [0.25, 0.3) is 5.78 Å². The smallest absolute Gasteiger partial charge is 0.285 e. The van der Waals surface area contributed by atoms with Gasteiger partial charge in [0.05, 0.1) is 4.88 Å². The lowest BCUT2D eigenvalue weighted by Gasteiger charge is -2.02. The van der Waals surface area contributed by atoms with E-state index in [0.717, 1.165) is 0 Å². The maximum Gasteiger partial charge on any atom is 0.443 e. The fraction of sp³-hybridized carbons (Fsp3) is 0.333. The van der Waals surface area contributed by atoms with Gasteiger partial charge in [-0.15, -0.1) is 11.3 Å². The van der Waals surface area contributed by atoms with Gasteiger partial charge in [0, 0.05) is 6.20 Å². The average Bonchev–Trinajstić information content (AvgIpc) is 2.47. The summed E-state index contributed by atoms with van der Waals surface area (Å²) in [7, 11) is 0.